The lowest BCUT2D eigenvalue weighted by molar-refractivity contribution is 0.162. The van der Waals surface area contributed by atoms with E-state index in [0.29, 0.717) is 0 Å². The Bertz CT molecular complexity index is 668. The zero-order chi connectivity index (χ0) is 16.4. The molecule has 0 aliphatic carbocycles. The first kappa shape index (κ1) is 16.1. The average Bonchev–Trinajstić information content (AvgIpc) is 2.50. The molecule has 2 aromatic rings. The minimum absolute atomic E-state index is 0.0766. The summed E-state index contributed by atoms with van der Waals surface area (Å²) in [6.07, 6.45) is 1.60. The summed E-state index contributed by atoms with van der Waals surface area (Å²) in [6, 6.07) is 12.0. The van der Waals surface area contributed by atoms with Crippen LogP contribution < -0.4 is 5.73 Å². The van der Waals surface area contributed by atoms with Crippen LogP contribution in [-0.2, 0) is 19.4 Å². The topological polar surface area (TPSA) is 29.3 Å². The van der Waals surface area contributed by atoms with Gasteiger partial charge in [0.15, 0.2) is 0 Å². The maximum absolute atomic E-state index is 13.5. The molecule has 0 amide bonds. The number of hydrogen-bond donors (Lipinski definition) is 1. The molecule has 0 spiro atoms. The summed E-state index contributed by atoms with van der Waals surface area (Å²) in [5, 5.41) is 0. The minimum Gasteiger partial charge on any atom is -0.327 e. The summed E-state index contributed by atoms with van der Waals surface area (Å²) in [5.41, 5.74) is 9.32. The molecule has 2 aromatic carbocycles. The van der Waals surface area contributed by atoms with Crippen molar-refractivity contribution in [3.05, 3.63) is 70.8 Å². The van der Waals surface area contributed by atoms with Crippen LogP contribution in [0, 0.1) is 11.6 Å². The molecular weight excluding hydrogens is 294 g/mol. The van der Waals surface area contributed by atoms with Gasteiger partial charge in [-0.05, 0) is 60.7 Å². The highest BCUT2D eigenvalue weighted by atomic mass is 19.1. The Kier molecular flexibility index (Phi) is 4.74. The highest BCUT2D eigenvalue weighted by Crippen LogP contribution is 2.26. The third-order valence-electron chi connectivity index (χ3n) is 4.42. The maximum atomic E-state index is 13.5. The second kappa shape index (κ2) is 6.77. The standard InChI is InChI=1S/C19H22F2N2/c1-13(22)11-23-12-15-4-7-18(21)9-16(15)10-19(23)8-14-2-5-17(20)6-3-14/h2-7,9,13,19H,8,10-12,22H2,1H3/t13-,19?/m0/s1. The van der Waals surface area contributed by atoms with Crippen LogP contribution in [0.25, 0.3) is 0 Å². The van der Waals surface area contributed by atoms with E-state index in [9.17, 15) is 8.78 Å². The molecule has 4 heteroatoms. The fourth-order valence-corrected chi connectivity index (χ4v) is 3.35. The number of hydrogen-bond acceptors (Lipinski definition) is 2. The van der Waals surface area contributed by atoms with Gasteiger partial charge in [-0.3, -0.25) is 4.90 Å². The molecule has 23 heavy (non-hydrogen) atoms. The molecule has 1 aliphatic heterocycles. The molecule has 0 bridgehead atoms. The van der Waals surface area contributed by atoms with E-state index in [4.69, 9.17) is 5.73 Å². The van der Waals surface area contributed by atoms with Gasteiger partial charge in [-0.15, -0.1) is 0 Å². The van der Waals surface area contributed by atoms with Crippen LogP contribution in [0.5, 0.6) is 0 Å². The number of nitrogens with two attached hydrogens (primary N) is 1. The third-order valence-corrected chi connectivity index (χ3v) is 4.42. The smallest absolute Gasteiger partial charge is 0.123 e. The van der Waals surface area contributed by atoms with Crippen molar-refractivity contribution in [1.82, 2.24) is 4.90 Å². The lowest BCUT2D eigenvalue weighted by Gasteiger charge is -2.38. The zero-order valence-electron chi connectivity index (χ0n) is 13.3. The van der Waals surface area contributed by atoms with Gasteiger partial charge in [-0.1, -0.05) is 18.2 Å². The van der Waals surface area contributed by atoms with Crippen LogP contribution >= 0.6 is 0 Å². The van der Waals surface area contributed by atoms with E-state index in [1.165, 1.54) is 23.8 Å². The van der Waals surface area contributed by atoms with Crippen molar-refractivity contribution in [2.24, 2.45) is 5.73 Å². The predicted molar refractivity (Wildman–Crippen MR) is 88.1 cm³/mol. The number of rotatable bonds is 4. The normalized spacial score (nSPS) is 19.4. The minimum atomic E-state index is -0.225. The van der Waals surface area contributed by atoms with Crippen molar-refractivity contribution in [2.45, 2.75) is 38.4 Å². The molecule has 122 valence electrons. The van der Waals surface area contributed by atoms with Gasteiger partial charge in [0.05, 0.1) is 0 Å². The zero-order valence-corrected chi connectivity index (χ0v) is 13.3. The van der Waals surface area contributed by atoms with Crippen molar-refractivity contribution in [1.29, 1.82) is 0 Å². The number of nitrogens with zero attached hydrogens (tertiary/aromatic N) is 1. The molecule has 1 unspecified atom stereocenters. The molecule has 2 N–H and O–H groups in total. The first-order chi connectivity index (χ1) is 11.0. The first-order valence-electron chi connectivity index (χ1n) is 8.02. The molecule has 0 fully saturated rings. The van der Waals surface area contributed by atoms with E-state index >= 15 is 0 Å². The molecule has 0 aromatic heterocycles. The molecular formula is C19H22F2N2. The highest BCUT2D eigenvalue weighted by Gasteiger charge is 2.27. The average molecular weight is 316 g/mol. The number of benzene rings is 2. The lowest BCUT2D eigenvalue weighted by Crippen LogP contribution is -2.46. The SMILES string of the molecule is C[C@H](N)CN1Cc2ccc(F)cc2CC1Cc1ccc(F)cc1. The summed E-state index contributed by atoms with van der Waals surface area (Å²) >= 11 is 0. The number of halogens is 2. The Hall–Kier alpha value is -1.78. The molecule has 1 heterocycles. The van der Waals surface area contributed by atoms with Gasteiger partial charge in [-0.25, -0.2) is 8.78 Å². The Balaban J connectivity index is 1.83. The van der Waals surface area contributed by atoms with E-state index in [-0.39, 0.29) is 23.7 Å². The van der Waals surface area contributed by atoms with Crippen molar-refractivity contribution >= 4 is 0 Å². The Labute approximate surface area is 135 Å². The van der Waals surface area contributed by atoms with Crippen LogP contribution in [0.3, 0.4) is 0 Å². The Morgan fingerprint density at radius 3 is 2.48 bits per heavy atom. The van der Waals surface area contributed by atoms with Crippen LogP contribution in [0.4, 0.5) is 8.78 Å². The van der Waals surface area contributed by atoms with Crippen LogP contribution in [0.2, 0.25) is 0 Å². The van der Waals surface area contributed by atoms with Gasteiger partial charge in [0.1, 0.15) is 11.6 Å². The summed E-state index contributed by atoms with van der Waals surface area (Å²) in [7, 11) is 0. The van der Waals surface area contributed by atoms with E-state index in [1.54, 1.807) is 6.07 Å². The van der Waals surface area contributed by atoms with E-state index in [0.717, 1.165) is 37.1 Å². The van der Waals surface area contributed by atoms with Crippen LogP contribution in [0.15, 0.2) is 42.5 Å². The third kappa shape index (κ3) is 3.95. The second-order valence-corrected chi connectivity index (χ2v) is 6.51. The Morgan fingerprint density at radius 1 is 1.09 bits per heavy atom. The predicted octanol–water partition coefficient (Wildman–Crippen LogP) is 3.28. The van der Waals surface area contributed by atoms with Gasteiger partial charge in [0.25, 0.3) is 0 Å². The summed E-state index contributed by atoms with van der Waals surface area (Å²) < 4.78 is 26.6. The summed E-state index contributed by atoms with van der Waals surface area (Å²) in [4.78, 5) is 2.36. The van der Waals surface area contributed by atoms with Gasteiger partial charge >= 0.3 is 0 Å². The Morgan fingerprint density at radius 2 is 1.78 bits per heavy atom. The van der Waals surface area contributed by atoms with Crippen LogP contribution in [-0.4, -0.2) is 23.5 Å². The fourth-order valence-electron chi connectivity index (χ4n) is 3.35. The van der Waals surface area contributed by atoms with Gasteiger partial charge in [0.2, 0.25) is 0 Å². The largest absolute Gasteiger partial charge is 0.327 e. The summed E-state index contributed by atoms with van der Waals surface area (Å²) in [6.45, 7) is 3.57. The molecule has 0 saturated carbocycles. The van der Waals surface area contributed by atoms with Gasteiger partial charge in [-0.2, -0.15) is 0 Å². The molecule has 0 saturated heterocycles. The van der Waals surface area contributed by atoms with Crippen LogP contribution in [0.1, 0.15) is 23.6 Å². The van der Waals surface area contributed by atoms with Crippen molar-refractivity contribution < 1.29 is 8.78 Å². The monoisotopic (exact) mass is 316 g/mol. The molecule has 2 nitrogen and oxygen atoms in total. The summed E-state index contributed by atoms with van der Waals surface area (Å²) in [5.74, 6) is -0.415. The van der Waals surface area contributed by atoms with Crippen molar-refractivity contribution in [3.63, 3.8) is 0 Å². The first-order valence-corrected chi connectivity index (χ1v) is 8.02. The molecule has 1 aliphatic rings. The molecule has 2 atom stereocenters. The van der Waals surface area contributed by atoms with E-state index in [2.05, 4.69) is 4.90 Å². The van der Waals surface area contributed by atoms with Crippen molar-refractivity contribution in [2.75, 3.05) is 6.54 Å². The molecule has 0 radical (unpaired) electrons. The number of fused-ring (bicyclic) bond motifs is 1. The highest BCUT2D eigenvalue weighted by molar-refractivity contribution is 5.32. The van der Waals surface area contributed by atoms with E-state index < -0.39 is 0 Å². The maximum Gasteiger partial charge on any atom is 0.123 e. The van der Waals surface area contributed by atoms with E-state index in [1.807, 2.05) is 25.1 Å². The van der Waals surface area contributed by atoms with Crippen molar-refractivity contribution in [3.8, 4) is 0 Å². The quantitative estimate of drug-likeness (QED) is 0.938. The van der Waals surface area contributed by atoms with Gasteiger partial charge < -0.3 is 5.73 Å². The lowest BCUT2D eigenvalue weighted by atomic mass is 9.90. The molecule has 3 rings (SSSR count). The fraction of sp³-hybridized carbons (Fsp3) is 0.368. The van der Waals surface area contributed by atoms with Gasteiger partial charge in [0, 0.05) is 25.2 Å². The second-order valence-electron chi connectivity index (χ2n) is 6.51.